The summed E-state index contributed by atoms with van der Waals surface area (Å²) in [6, 6.07) is 6.06. The molecule has 8 nitrogen and oxygen atoms in total. The number of urea groups is 1. The molecule has 3 rings (SSSR count). The van der Waals surface area contributed by atoms with Crippen LogP contribution in [0.4, 0.5) is 16.3 Å². The van der Waals surface area contributed by atoms with Crippen LogP contribution in [0.25, 0.3) is 0 Å². The van der Waals surface area contributed by atoms with Gasteiger partial charge in [-0.3, -0.25) is 0 Å². The van der Waals surface area contributed by atoms with E-state index in [4.69, 9.17) is 15.2 Å². The SMILES string of the molecule is C[C@H](NC(=O)Nc1ccc2c(c1)OCCO2)c1nccc(N)n1. The number of hydrogen-bond donors (Lipinski definition) is 3. The van der Waals surface area contributed by atoms with Crippen LogP contribution >= 0.6 is 0 Å². The quantitative estimate of drug-likeness (QED) is 0.795. The number of nitrogens with one attached hydrogen (secondary N) is 2. The van der Waals surface area contributed by atoms with Crippen molar-refractivity contribution in [2.24, 2.45) is 0 Å². The molecule has 0 radical (unpaired) electrons. The molecule has 2 amide bonds. The Kier molecular flexibility index (Phi) is 4.13. The summed E-state index contributed by atoms with van der Waals surface area (Å²) in [5.74, 6) is 2.09. The van der Waals surface area contributed by atoms with Gasteiger partial charge < -0.3 is 25.8 Å². The number of carbonyl (C=O) groups is 1. The number of ether oxygens (including phenoxy) is 2. The van der Waals surface area contributed by atoms with E-state index in [0.29, 0.717) is 42.0 Å². The highest BCUT2D eigenvalue weighted by Gasteiger charge is 2.15. The number of benzene rings is 1. The van der Waals surface area contributed by atoms with Crippen molar-refractivity contribution in [2.45, 2.75) is 13.0 Å². The Bertz CT molecular complexity index is 722. The second-order valence-corrected chi connectivity index (χ2v) is 5.02. The van der Waals surface area contributed by atoms with Gasteiger partial charge in [-0.15, -0.1) is 0 Å². The first-order valence-electron chi connectivity index (χ1n) is 7.17. The maximum absolute atomic E-state index is 12.1. The lowest BCUT2D eigenvalue weighted by Gasteiger charge is -2.19. The minimum atomic E-state index is -0.379. The Morgan fingerprint density at radius 2 is 2.04 bits per heavy atom. The number of nitrogens with zero attached hydrogens (tertiary/aromatic N) is 2. The molecule has 23 heavy (non-hydrogen) atoms. The van der Waals surface area contributed by atoms with Crippen LogP contribution in [0.2, 0.25) is 0 Å². The van der Waals surface area contributed by atoms with Gasteiger partial charge in [0.2, 0.25) is 0 Å². The fourth-order valence-electron chi connectivity index (χ4n) is 2.15. The van der Waals surface area contributed by atoms with Gasteiger partial charge in [-0.1, -0.05) is 0 Å². The maximum atomic E-state index is 12.1. The number of nitrogens with two attached hydrogens (primary N) is 1. The molecule has 0 fully saturated rings. The Morgan fingerprint density at radius 3 is 2.83 bits per heavy atom. The van der Waals surface area contributed by atoms with Crippen LogP contribution in [0.15, 0.2) is 30.5 Å². The number of carbonyl (C=O) groups excluding carboxylic acids is 1. The van der Waals surface area contributed by atoms with Crippen LogP contribution in [0.3, 0.4) is 0 Å². The fraction of sp³-hybridized carbons (Fsp3) is 0.267. The molecule has 120 valence electrons. The van der Waals surface area contributed by atoms with Crippen molar-refractivity contribution in [3.63, 3.8) is 0 Å². The highest BCUT2D eigenvalue weighted by Crippen LogP contribution is 2.32. The van der Waals surface area contributed by atoms with Crippen LogP contribution in [0, 0.1) is 0 Å². The Balaban J connectivity index is 1.63. The first-order chi connectivity index (χ1) is 11.1. The van der Waals surface area contributed by atoms with Crippen LogP contribution in [-0.4, -0.2) is 29.2 Å². The van der Waals surface area contributed by atoms with E-state index in [2.05, 4.69) is 20.6 Å². The average Bonchev–Trinajstić information content (AvgIpc) is 2.54. The molecule has 0 saturated heterocycles. The molecule has 1 aliphatic heterocycles. The number of anilines is 2. The van der Waals surface area contributed by atoms with Crippen molar-refractivity contribution in [3.05, 3.63) is 36.3 Å². The monoisotopic (exact) mass is 315 g/mol. The summed E-state index contributed by atoms with van der Waals surface area (Å²) < 4.78 is 10.9. The van der Waals surface area contributed by atoms with Crippen molar-refractivity contribution in [3.8, 4) is 11.5 Å². The van der Waals surface area contributed by atoms with E-state index < -0.39 is 0 Å². The van der Waals surface area contributed by atoms with Crippen LogP contribution in [0.1, 0.15) is 18.8 Å². The normalized spacial score (nSPS) is 14.0. The summed E-state index contributed by atoms with van der Waals surface area (Å²) in [7, 11) is 0. The zero-order valence-electron chi connectivity index (χ0n) is 12.6. The minimum absolute atomic E-state index is 0.357. The lowest BCUT2D eigenvalue weighted by atomic mass is 10.2. The molecular weight excluding hydrogens is 298 g/mol. The summed E-state index contributed by atoms with van der Waals surface area (Å²) in [4.78, 5) is 20.2. The molecule has 0 spiro atoms. The highest BCUT2D eigenvalue weighted by atomic mass is 16.6. The molecule has 0 bridgehead atoms. The summed E-state index contributed by atoms with van der Waals surface area (Å²) in [6.07, 6.45) is 1.55. The van der Waals surface area contributed by atoms with Gasteiger partial charge in [0.15, 0.2) is 17.3 Å². The Hall–Kier alpha value is -3.03. The molecule has 1 aromatic carbocycles. The molecule has 1 atom stereocenters. The number of nitrogen functional groups attached to an aromatic ring is 1. The largest absolute Gasteiger partial charge is 0.486 e. The molecule has 0 aliphatic carbocycles. The van der Waals surface area contributed by atoms with Gasteiger partial charge in [-0.2, -0.15) is 0 Å². The minimum Gasteiger partial charge on any atom is -0.486 e. The molecule has 0 unspecified atom stereocenters. The average molecular weight is 315 g/mol. The van der Waals surface area contributed by atoms with Crippen LogP contribution < -0.4 is 25.8 Å². The van der Waals surface area contributed by atoms with Gasteiger partial charge in [0.1, 0.15) is 19.0 Å². The summed E-state index contributed by atoms with van der Waals surface area (Å²) in [5.41, 5.74) is 6.21. The van der Waals surface area contributed by atoms with Gasteiger partial charge in [-0.05, 0) is 25.1 Å². The van der Waals surface area contributed by atoms with Crippen LogP contribution in [0.5, 0.6) is 11.5 Å². The molecule has 2 heterocycles. The van der Waals surface area contributed by atoms with E-state index in [1.165, 1.54) is 0 Å². The predicted octanol–water partition coefficient (Wildman–Crippen LogP) is 1.71. The molecule has 1 aliphatic rings. The number of fused-ring (bicyclic) bond motifs is 1. The third-order valence-corrected chi connectivity index (χ3v) is 3.23. The third-order valence-electron chi connectivity index (χ3n) is 3.23. The van der Waals surface area contributed by atoms with E-state index in [1.807, 2.05) is 0 Å². The maximum Gasteiger partial charge on any atom is 0.319 e. The zero-order valence-corrected chi connectivity index (χ0v) is 12.6. The van der Waals surface area contributed by atoms with Gasteiger partial charge in [-0.25, -0.2) is 14.8 Å². The van der Waals surface area contributed by atoms with Crippen molar-refractivity contribution < 1.29 is 14.3 Å². The van der Waals surface area contributed by atoms with Crippen molar-refractivity contribution in [1.29, 1.82) is 0 Å². The Labute approximate surface area is 133 Å². The van der Waals surface area contributed by atoms with Crippen molar-refractivity contribution in [2.75, 3.05) is 24.3 Å². The smallest absolute Gasteiger partial charge is 0.319 e. The standard InChI is InChI=1S/C15H17N5O3/c1-9(14-17-5-4-13(16)20-14)18-15(21)19-10-2-3-11-12(8-10)23-7-6-22-11/h2-5,8-9H,6-7H2,1H3,(H2,16,17,20)(H2,18,19,21)/t9-/m0/s1. The Morgan fingerprint density at radius 1 is 1.26 bits per heavy atom. The molecule has 0 saturated carbocycles. The molecule has 1 aromatic heterocycles. The molecule has 4 N–H and O–H groups in total. The fourth-order valence-corrected chi connectivity index (χ4v) is 2.15. The van der Waals surface area contributed by atoms with E-state index in [0.717, 1.165) is 0 Å². The van der Waals surface area contributed by atoms with E-state index in [-0.39, 0.29) is 12.1 Å². The molecule has 8 heteroatoms. The number of aromatic nitrogens is 2. The zero-order chi connectivity index (χ0) is 16.2. The van der Waals surface area contributed by atoms with Gasteiger partial charge in [0.05, 0.1) is 6.04 Å². The van der Waals surface area contributed by atoms with Crippen molar-refractivity contribution >= 4 is 17.5 Å². The van der Waals surface area contributed by atoms with E-state index >= 15 is 0 Å². The van der Waals surface area contributed by atoms with Gasteiger partial charge in [0, 0.05) is 18.0 Å². The summed E-state index contributed by atoms with van der Waals surface area (Å²) >= 11 is 0. The van der Waals surface area contributed by atoms with Crippen LogP contribution in [-0.2, 0) is 0 Å². The van der Waals surface area contributed by atoms with Gasteiger partial charge in [0.25, 0.3) is 0 Å². The van der Waals surface area contributed by atoms with E-state index in [9.17, 15) is 4.79 Å². The van der Waals surface area contributed by atoms with Crippen molar-refractivity contribution in [1.82, 2.24) is 15.3 Å². The second kappa shape index (κ2) is 6.39. The first kappa shape index (κ1) is 14.9. The van der Waals surface area contributed by atoms with E-state index in [1.54, 1.807) is 37.4 Å². The first-order valence-corrected chi connectivity index (χ1v) is 7.17. The lowest BCUT2D eigenvalue weighted by molar-refractivity contribution is 0.171. The number of hydrogen-bond acceptors (Lipinski definition) is 6. The molecular formula is C15H17N5O3. The summed E-state index contributed by atoms with van der Waals surface area (Å²) in [5, 5.41) is 5.48. The third kappa shape index (κ3) is 3.60. The predicted molar refractivity (Wildman–Crippen MR) is 84.4 cm³/mol. The number of rotatable bonds is 3. The lowest BCUT2D eigenvalue weighted by Crippen LogP contribution is -2.32. The second-order valence-electron chi connectivity index (χ2n) is 5.02. The topological polar surface area (TPSA) is 111 Å². The number of amides is 2. The van der Waals surface area contributed by atoms with Gasteiger partial charge >= 0.3 is 6.03 Å². The molecule has 2 aromatic rings. The summed E-state index contributed by atoms with van der Waals surface area (Å²) in [6.45, 7) is 2.79. The highest BCUT2D eigenvalue weighted by molar-refractivity contribution is 5.89.